The van der Waals surface area contributed by atoms with E-state index in [0.29, 0.717) is 0 Å². The first-order valence-corrected chi connectivity index (χ1v) is 18.3. The van der Waals surface area contributed by atoms with Gasteiger partial charge in [0.25, 0.3) is 0 Å². The molecular formula is C52H35N. The van der Waals surface area contributed by atoms with E-state index in [2.05, 4.69) is 217 Å². The molecule has 10 rings (SSSR count). The van der Waals surface area contributed by atoms with E-state index < -0.39 is 0 Å². The van der Waals surface area contributed by atoms with Crippen molar-refractivity contribution in [1.29, 1.82) is 0 Å². The summed E-state index contributed by atoms with van der Waals surface area (Å²) in [5.74, 6) is 0. The zero-order valence-corrected chi connectivity index (χ0v) is 29.2. The molecule has 0 saturated heterocycles. The fourth-order valence-corrected chi connectivity index (χ4v) is 8.07. The van der Waals surface area contributed by atoms with Crippen molar-refractivity contribution in [1.82, 2.24) is 0 Å². The molecule has 0 bridgehead atoms. The van der Waals surface area contributed by atoms with Crippen LogP contribution < -0.4 is 4.90 Å². The molecule has 1 heteroatoms. The van der Waals surface area contributed by atoms with Crippen LogP contribution in [0.4, 0.5) is 17.1 Å². The predicted octanol–water partition coefficient (Wildman–Crippen LogP) is 14.8. The summed E-state index contributed by atoms with van der Waals surface area (Å²) in [6.07, 6.45) is 0. The second kappa shape index (κ2) is 13.0. The van der Waals surface area contributed by atoms with Crippen LogP contribution in [0.1, 0.15) is 0 Å². The van der Waals surface area contributed by atoms with Crippen LogP contribution >= 0.6 is 0 Å². The first kappa shape index (κ1) is 30.8. The fourth-order valence-electron chi connectivity index (χ4n) is 8.07. The average molecular weight is 674 g/mol. The zero-order chi connectivity index (χ0) is 35.1. The lowest BCUT2D eigenvalue weighted by Crippen LogP contribution is -2.10. The number of hydrogen-bond acceptors (Lipinski definition) is 1. The summed E-state index contributed by atoms with van der Waals surface area (Å²) in [4.78, 5) is 2.41. The van der Waals surface area contributed by atoms with Crippen LogP contribution in [0.2, 0.25) is 0 Å². The maximum atomic E-state index is 2.41. The van der Waals surface area contributed by atoms with Crippen molar-refractivity contribution in [2.75, 3.05) is 4.90 Å². The normalized spacial score (nSPS) is 11.4. The van der Waals surface area contributed by atoms with Gasteiger partial charge >= 0.3 is 0 Å². The van der Waals surface area contributed by atoms with Crippen LogP contribution in [0.15, 0.2) is 212 Å². The minimum atomic E-state index is 1.10. The number of fused-ring (bicyclic) bond motifs is 5. The summed E-state index contributed by atoms with van der Waals surface area (Å²) in [5.41, 5.74) is 10.6. The lowest BCUT2D eigenvalue weighted by atomic mass is 9.90. The summed E-state index contributed by atoms with van der Waals surface area (Å²) >= 11 is 0. The van der Waals surface area contributed by atoms with Gasteiger partial charge in [-0.3, -0.25) is 0 Å². The van der Waals surface area contributed by atoms with Gasteiger partial charge in [-0.25, -0.2) is 0 Å². The van der Waals surface area contributed by atoms with E-state index in [-0.39, 0.29) is 0 Å². The molecule has 0 saturated carbocycles. The highest BCUT2D eigenvalue weighted by molar-refractivity contribution is 6.09. The van der Waals surface area contributed by atoms with E-state index >= 15 is 0 Å². The first-order chi connectivity index (χ1) is 26.3. The van der Waals surface area contributed by atoms with E-state index in [1.54, 1.807) is 0 Å². The molecule has 0 spiro atoms. The first-order valence-electron chi connectivity index (χ1n) is 18.3. The van der Waals surface area contributed by atoms with Crippen molar-refractivity contribution < 1.29 is 0 Å². The molecule has 0 fully saturated rings. The van der Waals surface area contributed by atoms with Gasteiger partial charge in [0.15, 0.2) is 0 Å². The maximum Gasteiger partial charge on any atom is 0.0468 e. The van der Waals surface area contributed by atoms with Crippen molar-refractivity contribution in [2.45, 2.75) is 0 Å². The van der Waals surface area contributed by atoms with Crippen molar-refractivity contribution in [3.8, 4) is 33.4 Å². The average Bonchev–Trinajstić information content (AvgIpc) is 3.24. The topological polar surface area (TPSA) is 3.24 Å². The Kier molecular flexibility index (Phi) is 7.55. The van der Waals surface area contributed by atoms with Gasteiger partial charge < -0.3 is 4.90 Å². The molecule has 0 radical (unpaired) electrons. The second-order valence-corrected chi connectivity index (χ2v) is 13.7. The minimum Gasteiger partial charge on any atom is -0.310 e. The summed E-state index contributed by atoms with van der Waals surface area (Å²) in [6.45, 7) is 0. The van der Waals surface area contributed by atoms with E-state index in [9.17, 15) is 0 Å². The fraction of sp³-hybridized carbons (Fsp3) is 0. The minimum absolute atomic E-state index is 1.10. The van der Waals surface area contributed by atoms with E-state index in [4.69, 9.17) is 0 Å². The van der Waals surface area contributed by atoms with E-state index in [1.807, 2.05) is 0 Å². The number of hydrogen-bond donors (Lipinski definition) is 0. The molecular weight excluding hydrogens is 639 g/mol. The number of benzene rings is 10. The molecule has 0 aromatic heterocycles. The molecule has 0 aliphatic heterocycles. The largest absolute Gasteiger partial charge is 0.310 e. The third-order valence-corrected chi connectivity index (χ3v) is 10.6. The lowest BCUT2D eigenvalue weighted by Gasteiger charge is -2.27. The quantitative estimate of drug-likeness (QED) is 0.159. The van der Waals surface area contributed by atoms with Crippen LogP contribution in [0, 0.1) is 0 Å². The Morgan fingerprint density at radius 2 is 0.698 bits per heavy atom. The van der Waals surface area contributed by atoms with Gasteiger partial charge in [0.1, 0.15) is 0 Å². The molecule has 0 aliphatic rings. The molecule has 248 valence electrons. The molecule has 53 heavy (non-hydrogen) atoms. The lowest BCUT2D eigenvalue weighted by molar-refractivity contribution is 1.29. The molecule has 10 aromatic carbocycles. The molecule has 0 amide bonds. The Morgan fingerprint density at radius 1 is 0.226 bits per heavy atom. The molecule has 0 heterocycles. The van der Waals surface area contributed by atoms with E-state index in [1.165, 1.54) is 76.5 Å². The second-order valence-electron chi connectivity index (χ2n) is 13.7. The van der Waals surface area contributed by atoms with Crippen LogP contribution in [0.3, 0.4) is 0 Å². The van der Waals surface area contributed by atoms with Gasteiger partial charge in [-0.15, -0.1) is 0 Å². The zero-order valence-electron chi connectivity index (χ0n) is 29.2. The number of nitrogens with zero attached hydrogens (tertiary/aromatic N) is 1. The molecule has 0 aliphatic carbocycles. The van der Waals surface area contributed by atoms with Gasteiger partial charge in [0.05, 0.1) is 0 Å². The molecule has 0 atom stereocenters. The monoisotopic (exact) mass is 673 g/mol. The molecule has 10 aromatic rings. The van der Waals surface area contributed by atoms with Crippen molar-refractivity contribution in [3.63, 3.8) is 0 Å². The molecule has 0 N–H and O–H groups in total. The summed E-state index contributed by atoms with van der Waals surface area (Å²) < 4.78 is 0. The summed E-state index contributed by atoms with van der Waals surface area (Å²) in [5, 5.41) is 9.98. The van der Waals surface area contributed by atoms with Crippen molar-refractivity contribution >= 4 is 60.2 Å². The number of rotatable bonds is 6. The maximum absolute atomic E-state index is 2.41. The molecule has 1 nitrogen and oxygen atoms in total. The van der Waals surface area contributed by atoms with Crippen LogP contribution in [0.25, 0.3) is 76.5 Å². The highest BCUT2D eigenvalue weighted by Crippen LogP contribution is 2.44. The standard InChI is InChI=1S/C52H35N/c1-2-12-38(13-3-1)52-35-44(32-33-50(52)49-23-11-18-37-15-5-8-20-47(37)49)53(43-31-28-41-25-24-39-16-6-9-21-48(39)51(41)34-43)42-29-26-40(27-30-42)46-22-10-17-36-14-4-7-19-45(36)46/h1-35H. The third kappa shape index (κ3) is 5.51. The Balaban J connectivity index is 1.19. The highest BCUT2D eigenvalue weighted by atomic mass is 15.1. The Morgan fingerprint density at radius 3 is 1.42 bits per heavy atom. The predicted molar refractivity (Wildman–Crippen MR) is 227 cm³/mol. The summed E-state index contributed by atoms with van der Waals surface area (Å²) in [6, 6.07) is 77.3. The Labute approximate surface area is 309 Å². The van der Waals surface area contributed by atoms with Crippen LogP contribution in [-0.2, 0) is 0 Å². The highest BCUT2D eigenvalue weighted by Gasteiger charge is 2.18. The molecule has 0 unspecified atom stereocenters. The Hall–Kier alpha value is -6.96. The smallest absolute Gasteiger partial charge is 0.0468 e. The Bertz CT molecular complexity index is 2930. The number of anilines is 3. The van der Waals surface area contributed by atoms with Gasteiger partial charge in [-0.05, 0) is 113 Å². The van der Waals surface area contributed by atoms with Gasteiger partial charge in [-0.2, -0.15) is 0 Å². The van der Waals surface area contributed by atoms with E-state index in [0.717, 1.165) is 17.1 Å². The SMILES string of the molecule is c1ccc(-c2cc(N(c3ccc(-c4cccc5ccccc45)cc3)c3ccc4ccc5ccccc5c4c3)ccc2-c2cccc3ccccc23)cc1. The third-order valence-electron chi connectivity index (χ3n) is 10.6. The van der Waals surface area contributed by atoms with Crippen LogP contribution in [-0.4, -0.2) is 0 Å². The van der Waals surface area contributed by atoms with Gasteiger partial charge in [-0.1, -0.05) is 176 Å². The van der Waals surface area contributed by atoms with Crippen LogP contribution in [0.5, 0.6) is 0 Å². The van der Waals surface area contributed by atoms with Crippen molar-refractivity contribution in [2.24, 2.45) is 0 Å². The van der Waals surface area contributed by atoms with Gasteiger partial charge in [0, 0.05) is 17.1 Å². The van der Waals surface area contributed by atoms with Gasteiger partial charge in [0.2, 0.25) is 0 Å². The summed E-state index contributed by atoms with van der Waals surface area (Å²) in [7, 11) is 0. The van der Waals surface area contributed by atoms with Crippen molar-refractivity contribution in [3.05, 3.63) is 212 Å².